The van der Waals surface area contributed by atoms with E-state index in [1.165, 1.54) is 12.1 Å². The molecular formula is C32H40ClFN6O2. The van der Waals surface area contributed by atoms with Crippen LogP contribution in [0.1, 0.15) is 58.2 Å². The van der Waals surface area contributed by atoms with Crippen molar-refractivity contribution in [3.63, 3.8) is 0 Å². The van der Waals surface area contributed by atoms with Gasteiger partial charge in [-0.25, -0.2) is 14.4 Å². The molecule has 2 aliphatic rings. The first-order valence-corrected chi connectivity index (χ1v) is 14.9. The fraction of sp³-hybridized carbons (Fsp3) is 0.406. The minimum atomic E-state index is -0.534. The predicted octanol–water partition coefficient (Wildman–Crippen LogP) is 7.70. The van der Waals surface area contributed by atoms with Gasteiger partial charge in [-0.3, -0.25) is 5.01 Å². The third kappa shape index (κ3) is 7.91. The number of nitrogens with one attached hydrogen (secondary N) is 1. The van der Waals surface area contributed by atoms with Crippen molar-refractivity contribution in [2.24, 2.45) is 16.0 Å². The molecule has 0 saturated heterocycles. The van der Waals surface area contributed by atoms with Crippen molar-refractivity contribution in [3.8, 4) is 11.5 Å². The Morgan fingerprint density at radius 3 is 2.86 bits per heavy atom. The van der Waals surface area contributed by atoms with Gasteiger partial charge in [0.25, 0.3) is 0 Å². The highest BCUT2D eigenvalue weighted by molar-refractivity contribution is 6.32. The van der Waals surface area contributed by atoms with E-state index in [4.69, 9.17) is 26.1 Å². The number of ether oxygens (including phenoxy) is 2. The van der Waals surface area contributed by atoms with Crippen LogP contribution in [0.15, 0.2) is 64.7 Å². The van der Waals surface area contributed by atoms with Gasteiger partial charge in [0.15, 0.2) is 17.4 Å². The lowest BCUT2D eigenvalue weighted by Gasteiger charge is -2.25. The molecule has 2 aliphatic heterocycles. The first kappa shape index (κ1) is 31.1. The van der Waals surface area contributed by atoms with E-state index >= 15 is 4.39 Å². The van der Waals surface area contributed by atoms with Crippen molar-refractivity contribution in [2.75, 3.05) is 36.5 Å². The highest BCUT2D eigenvalue weighted by Gasteiger charge is 2.25. The number of amidine groups is 1. The van der Waals surface area contributed by atoms with E-state index in [9.17, 15) is 0 Å². The summed E-state index contributed by atoms with van der Waals surface area (Å²) in [6, 6.07) is 4.77. The van der Waals surface area contributed by atoms with Crippen molar-refractivity contribution in [1.82, 2.24) is 9.99 Å². The van der Waals surface area contributed by atoms with Gasteiger partial charge in [-0.05, 0) is 56.5 Å². The van der Waals surface area contributed by atoms with Crippen LogP contribution in [0.4, 0.5) is 15.9 Å². The number of allylic oxidation sites excluding steroid dienone is 2. The number of hydrogen-bond acceptors (Lipinski definition) is 7. The molecule has 1 aromatic carbocycles. The smallest absolute Gasteiger partial charge is 0.172 e. The summed E-state index contributed by atoms with van der Waals surface area (Å²) < 4.78 is 27.5. The quantitative estimate of drug-likeness (QED) is 0.224. The van der Waals surface area contributed by atoms with Crippen LogP contribution in [0.2, 0.25) is 5.02 Å². The minimum absolute atomic E-state index is 0.163. The van der Waals surface area contributed by atoms with Crippen LogP contribution in [0, 0.1) is 18.7 Å². The number of hydrazone groups is 1. The first-order valence-electron chi connectivity index (χ1n) is 14.5. The average molecular weight is 595 g/mol. The zero-order chi connectivity index (χ0) is 30.1. The molecule has 1 aromatic heterocycles. The summed E-state index contributed by atoms with van der Waals surface area (Å²) in [6.45, 7) is 13.1. The summed E-state index contributed by atoms with van der Waals surface area (Å²) >= 11 is 6.57. The molecule has 3 heterocycles. The lowest BCUT2D eigenvalue weighted by Crippen LogP contribution is -2.30. The average Bonchev–Trinajstić information content (AvgIpc) is 3.12. The number of benzene rings is 1. The molecule has 0 radical (unpaired) electrons. The highest BCUT2D eigenvalue weighted by Crippen LogP contribution is 2.35. The van der Waals surface area contributed by atoms with E-state index in [1.807, 2.05) is 39.0 Å². The Bertz CT molecular complexity index is 1400. The van der Waals surface area contributed by atoms with Gasteiger partial charge in [0.05, 0.1) is 23.9 Å². The molecule has 4 rings (SSSR count). The van der Waals surface area contributed by atoms with E-state index in [-0.39, 0.29) is 16.5 Å². The molecule has 1 N–H and O–H groups in total. The summed E-state index contributed by atoms with van der Waals surface area (Å²) in [4.78, 5) is 12.0. The molecular weight excluding hydrogens is 555 g/mol. The molecule has 0 spiro atoms. The lowest BCUT2D eigenvalue weighted by atomic mass is 10.1. The van der Waals surface area contributed by atoms with Crippen molar-refractivity contribution >= 4 is 35.2 Å². The maximum Gasteiger partial charge on any atom is 0.172 e. The number of anilines is 2. The van der Waals surface area contributed by atoms with Gasteiger partial charge >= 0.3 is 0 Å². The molecule has 0 fully saturated rings. The number of hydrogen-bond donors (Lipinski definition) is 1. The molecule has 0 saturated carbocycles. The summed E-state index contributed by atoms with van der Waals surface area (Å²) in [7, 11) is 0. The maximum absolute atomic E-state index is 15.5. The molecule has 42 heavy (non-hydrogen) atoms. The molecule has 10 heteroatoms. The highest BCUT2D eigenvalue weighted by atomic mass is 35.5. The molecule has 0 amide bonds. The van der Waals surface area contributed by atoms with E-state index in [1.54, 1.807) is 29.7 Å². The second-order valence-corrected chi connectivity index (χ2v) is 10.8. The molecule has 1 unspecified atom stereocenters. The second-order valence-electron chi connectivity index (χ2n) is 10.4. The van der Waals surface area contributed by atoms with E-state index in [2.05, 4.69) is 34.2 Å². The van der Waals surface area contributed by atoms with Crippen LogP contribution in [0.25, 0.3) is 0 Å². The van der Waals surface area contributed by atoms with Crippen LogP contribution < -0.4 is 19.7 Å². The van der Waals surface area contributed by atoms with Gasteiger partial charge in [0.1, 0.15) is 23.0 Å². The monoisotopic (exact) mass is 594 g/mol. The van der Waals surface area contributed by atoms with Crippen LogP contribution in [-0.2, 0) is 0 Å². The van der Waals surface area contributed by atoms with Crippen molar-refractivity contribution in [2.45, 2.75) is 53.9 Å². The zero-order valence-electron chi connectivity index (χ0n) is 25.0. The topological polar surface area (TPSA) is 74.6 Å². The van der Waals surface area contributed by atoms with E-state index in [0.717, 1.165) is 49.5 Å². The number of unbranched alkanes of at least 4 members (excludes halogenated alkanes) is 1. The molecule has 224 valence electrons. The summed E-state index contributed by atoms with van der Waals surface area (Å²) in [5.74, 6) is 2.54. The predicted molar refractivity (Wildman–Crippen MR) is 170 cm³/mol. The maximum atomic E-state index is 15.5. The summed E-state index contributed by atoms with van der Waals surface area (Å²) in [5.41, 5.74) is 1.64. The number of aromatic nitrogens is 1. The number of rotatable bonds is 10. The number of aryl methyl sites for hydroxylation is 1. The number of pyridine rings is 1. The molecule has 1 atom stereocenters. The molecule has 0 bridgehead atoms. The summed E-state index contributed by atoms with van der Waals surface area (Å²) in [5, 5.41) is 9.36. The van der Waals surface area contributed by atoms with Crippen LogP contribution in [0.3, 0.4) is 0 Å². The van der Waals surface area contributed by atoms with Gasteiger partial charge in [-0.1, -0.05) is 44.9 Å². The van der Waals surface area contributed by atoms with E-state index in [0.29, 0.717) is 36.4 Å². The van der Waals surface area contributed by atoms with Gasteiger partial charge < -0.3 is 19.7 Å². The third-order valence-corrected chi connectivity index (χ3v) is 7.02. The third-order valence-electron chi connectivity index (χ3n) is 6.72. The van der Waals surface area contributed by atoms with Crippen LogP contribution in [-0.4, -0.2) is 48.3 Å². The number of fused-ring (bicyclic) bond motifs is 1. The van der Waals surface area contributed by atoms with Crippen LogP contribution >= 0.6 is 11.6 Å². The second kappa shape index (κ2) is 14.9. The standard InChI is InChI=1S/C32H40ClFN6O2/c1-6-9-13-35-31(30-23(5)17-29-32(38-30)39(14-10-7-2)20-22(4)21-41-29)37-27-18-25(33)28(19-26(27)34)42-24-11-15-40(16-12-24)36-8-3/h8-9,11-13,15,17-19,22H,6-7,10,14,16,20-21H2,1-5H3,(H,35,37)/b13-9+,36-8-. The van der Waals surface area contributed by atoms with Crippen LogP contribution in [0.5, 0.6) is 11.5 Å². The van der Waals surface area contributed by atoms with Gasteiger partial charge in [0, 0.05) is 43.7 Å². The Kier molecular flexibility index (Phi) is 11.0. The van der Waals surface area contributed by atoms with Crippen molar-refractivity contribution < 1.29 is 13.9 Å². The zero-order valence-corrected chi connectivity index (χ0v) is 25.8. The fourth-order valence-corrected chi connectivity index (χ4v) is 4.77. The lowest BCUT2D eigenvalue weighted by molar-refractivity contribution is 0.273. The molecule has 0 aliphatic carbocycles. The Morgan fingerprint density at radius 2 is 2.14 bits per heavy atom. The Hall–Kier alpha value is -3.85. The normalized spacial score (nSPS) is 17.4. The Labute approximate surface area is 253 Å². The first-order chi connectivity index (χ1) is 20.3. The van der Waals surface area contributed by atoms with E-state index < -0.39 is 5.82 Å². The largest absolute Gasteiger partial charge is 0.489 e. The van der Waals surface area contributed by atoms with Gasteiger partial charge in [-0.2, -0.15) is 5.10 Å². The SMILES string of the molecule is C/C=N\N1C=CC(Oc2cc(F)c(NC(=N/C=C/CC)c3nc4c(cc3C)OCC(C)CN4CCCC)cc2Cl)=CC1. The number of halogens is 2. The fourth-order valence-electron chi connectivity index (χ4n) is 4.57. The molecule has 2 aromatic rings. The Morgan fingerprint density at radius 1 is 1.31 bits per heavy atom. The van der Waals surface area contributed by atoms with Gasteiger partial charge in [-0.15, -0.1) is 0 Å². The number of nitrogens with zero attached hydrogens (tertiary/aromatic N) is 5. The molecule has 8 nitrogen and oxygen atoms in total. The Balaban J connectivity index is 1.65. The minimum Gasteiger partial charge on any atom is -0.489 e. The number of aliphatic imine (C=N–C) groups is 1. The van der Waals surface area contributed by atoms with Crippen molar-refractivity contribution in [1.29, 1.82) is 0 Å². The van der Waals surface area contributed by atoms with Gasteiger partial charge in [0.2, 0.25) is 0 Å². The summed E-state index contributed by atoms with van der Waals surface area (Å²) in [6.07, 6.45) is 13.7. The van der Waals surface area contributed by atoms with Crippen molar-refractivity contribution in [3.05, 3.63) is 76.7 Å².